The lowest BCUT2D eigenvalue weighted by molar-refractivity contribution is -0.126. The molecule has 1 heterocycles. The van der Waals surface area contributed by atoms with E-state index in [1.54, 1.807) is 0 Å². The first-order valence-electron chi connectivity index (χ1n) is 7.56. The first kappa shape index (κ1) is 15.5. The molecule has 1 aliphatic rings. The maximum Gasteiger partial charge on any atom is 0.252 e. The molecule has 0 bridgehead atoms. The monoisotopic (exact) mass is 287 g/mol. The van der Waals surface area contributed by atoms with E-state index in [1.807, 2.05) is 11.8 Å². The number of carbonyl (C=O) groups is 1. The van der Waals surface area contributed by atoms with Crippen molar-refractivity contribution in [3.63, 3.8) is 0 Å². The summed E-state index contributed by atoms with van der Waals surface area (Å²) in [6.45, 7) is 8.93. The average Bonchev–Trinajstić information content (AvgIpc) is 2.57. The second-order valence-corrected chi connectivity index (χ2v) is 6.57. The zero-order chi connectivity index (χ0) is 15.6. The zero-order valence-electron chi connectivity index (χ0n) is 13.4. The average molecular weight is 287 g/mol. The lowest BCUT2D eigenvalue weighted by Crippen LogP contribution is -2.48. The van der Waals surface area contributed by atoms with Gasteiger partial charge in [0.25, 0.3) is 5.91 Å². The number of nitrogens with zero attached hydrogens (tertiary/aromatic N) is 1. The molecular formula is C17H25N3O. The lowest BCUT2D eigenvalue weighted by Gasteiger charge is -2.34. The molecule has 21 heavy (non-hydrogen) atoms. The molecule has 1 atom stereocenters. The second-order valence-electron chi connectivity index (χ2n) is 6.57. The molecule has 1 aromatic carbocycles. The number of amides is 1. The molecule has 1 amide bonds. The van der Waals surface area contributed by atoms with Crippen LogP contribution in [0.5, 0.6) is 0 Å². The van der Waals surface area contributed by atoms with Crippen LogP contribution in [0.25, 0.3) is 0 Å². The summed E-state index contributed by atoms with van der Waals surface area (Å²) in [5.41, 5.74) is 1.88. The molecule has 1 unspecified atom stereocenters. The second kappa shape index (κ2) is 5.88. The number of nitrogens with one attached hydrogen (secondary N) is 2. The molecule has 0 saturated carbocycles. The van der Waals surface area contributed by atoms with Gasteiger partial charge in [0.15, 0.2) is 5.96 Å². The van der Waals surface area contributed by atoms with Gasteiger partial charge in [-0.1, -0.05) is 43.7 Å². The number of hydrogen-bond donors (Lipinski definition) is 2. The van der Waals surface area contributed by atoms with Crippen LogP contribution in [0.1, 0.15) is 38.3 Å². The van der Waals surface area contributed by atoms with Gasteiger partial charge in [0, 0.05) is 6.54 Å². The predicted molar refractivity (Wildman–Crippen MR) is 85.3 cm³/mol. The van der Waals surface area contributed by atoms with Gasteiger partial charge in [0.2, 0.25) is 0 Å². The summed E-state index contributed by atoms with van der Waals surface area (Å²) in [6.07, 6.45) is 1.60. The highest BCUT2D eigenvalue weighted by Crippen LogP contribution is 2.28. The topological polar surface area (TPSA) is 56.2 Å². The fraction of sp³-hybridized carbons (Fsp3) is 0.529. The molecule has 0 aromatic heterocycles. The summed E-state index contributed by atoms with van der Waals surface area (Å²) >= 11 is 0. The van der Waals surface area contributed by atoms with Gasteiger partial charge in [-0.05, 0) is 38.2 Å². The smallest absolute Gasteiger partial charge is 0.252 e. The van der Waals surface area contributed by atoms with Crippen LogP contribution < -0.4 is 5.32 Å². The van der Waals surface area contributed by atoms with E-state index in [0.29, 0.717) is 12.5 Å². The van der Waals surface area contributed by atoms with Gasteiger partial charge in [0.1, 0.15) is 5.54 Å². The van der Waals surface area contributed by atoms with Crippen LogP contribution >= 0.6 is 0 Å². The number of carbonyl (C=O) groups excluding carboxylic acids is 1. The van der Waals surface area contributed by atoms with Crippen LogP contribution in [0.2, 0.25) is 0 Å². The van der Waals surface area contributed by atoms with Crippen molar-refractivity contribution < 1.29 is 4.79 Å². The van der Waals surface area contributed by atoms with Crippen LogP contribution in [0.4, 0.5) is 0 Å². The van der Waals surface area contributed by atoms with Gasteiger partial charge in [-0.3, -0.25) is 15.5 Å². The third-order valence-corrected chi connectivity index (χ3v) is 4.10. The Kier molecular flexibility index (Phi) is 4.35. The Hall–Kier alpha value is -1.84. The summed E-state index contributed by atoms with van der Waals surface area (Å²) in [5, 5.41) is 10.7. The summed E-state index contributed by atoms with van der Waals surface area (Å²) in [7, 11) is 0. The van der Waals surface area contributed by atoms with E-state index in [1.165, 1.54) is 11.1 Å². The van der Waals surface area contributed by atoms with Crippen LogP contribution in [0, 0.1) is 18.3 Å². The van der Waals surface area contributed by atoms with Crippen molar-refractivity contribution >= 4 is 11.9 Å². The van der Waals surface area contributed by atoms with E-state index in [0.717, 1.165) is 12.8 Å². The highest BCUT2D eigenvalue weighted by atomic mass is 16.2. The molecule has 1 saturated heterocycles. The lowest BCUT2D eigenvalue weighted by atomic mass is 9.89. The van der Waals surface area contributed by atoms with Crippen LogP contribution in [0.3, 0.4) is 0 Å². The Balaban J connectivity index is 2.12. The first-order valence-corrected chi connectivity index (χ1v) is 7.56. The Labute approximate surface area is 127 Å². The molecule has 2 N–H and O–H groups in total. The van der Waals surface area contributed by atoms with E-state index in [2.05, 4.69) is 50.4 Å². The van der Waals surface area contributed by atoms with Crippen molar-refractivity contribution in [1.29, 1.82) is 5.41 Å². The van der Waals surface area contributed by atoms with Gasteiger partial charge >= 0.3 is 0 Å². The maximum absolute atomic E-state index is 12.2. The third kappa shape index (κ3) is 3.26. The summed E-state index contributed by atoms with van der Waals surface area (Å²) in [5.74, 6) is 0.592. The van der Waals surface area contributed by atoms with Crippen molar-refractivity contribution in [3.05, 3.63) is 35.4 Å². The molecule has 2 rings (SSSR count). The molecular weight excluding hydrogens is 262 g/mol. The van der Waals surface area contributed by atoms with Crippen molar-refractivity contribution in [1.82, 2.24) is 10.2 Å². The number of guanidine groups is 1. The first-order chi connectivity index (χ1) is 9.83. The van der Waals surface area contributed by atoms with E-state index < -0.39 is 5.54 Å². The van der Waals surface area contributed by atoms with Crippen LogP contribution in [0.15, 0.2) is 24.3 Å². The molecule has 4 nitrogen and oxygen atoms in total. The molecule has 1 fully saturated rings. The SMILES string of the molecule is Cc1cccc(CCN2C(=N)NC(=O)C2(C)CC(C)C)c1. The number of hydrogen-bond acceptors (Lipinski definition) is 2. The van der Waals surface area contributed by atoms with Crippen molar-refractivity contribution in [3.8, 4) is 0 Å². The Morgan fingerprint density at radius 1 is 1.38 bits per heavy atom. The number of rotatable bonds is 5. The molecule has 0 radical (unpaired) electrons. The summed E-state index contributed by atoms with van der Waals surface area (Å²) < 4.78 is 0. The largest absolute Gasteiger partial charge is 0.328 e. The summed E-state index contributed by atoms with van der Waals surface area (Å²) in [4.78, 5) is 14.1. The van der Waals surface area contributed by atoms with E-state index in [4.69, 9.17) is 5.41 Å². The van der Waals surface area contributed by atoms with E-state index in [-0.39, 0.29) is 11.9 Å². The quantitative estimate of drug-likeness (QED) is 0.875. The molecule has 1 aliphatic heterocycles. The van der Waals surface area contributed by atoms with Crippen molar-refractivity contribution in [2.45, 2.75) is 46.1 Å². The Morgan fingerprint density at radius 3 is 2.71 bits per heavy atom. The zero-order valence-corrected chi connectivity index (χ0v) is 13.4. The summed E-state index contributed by atoms with van der Waals surface area (Å²) in [6, 6.07) is 8.39. The van der Waals surface area contributed by atoms with Crippen LogP contribution in [-0.2, 0) is 11.2 Å². The maximum atomic E-state index is 12.2. The van der Waals surface area contributed by atoms with Gasteiger partial charge in [-0.25, -0.2) is 0 Å². The minimum atomic E-state index is -0.602. The predicted octanol–water partition coefficient (Wildman–Crippen LogP) is 2.71. The molecule has 0 aliphatic carbocycles. The molecule has 1 aromatic rings. The van der Waals surface area contributed by atoms with Gasteiger partial charge in [-0.2, -0.15) is 0 Å². The fourth-order valence-electron chi connectivity index (χ4n) is 3.14. The van der Waals surface area contributed by atoms with E-state index >= 15 is 0 Å². The van der Waals surface area contributed by atoms with Gasteiger partial charge < -0.3 is 4.90 Å². The van der Waals surface area contributed by atoms with Crippen molar-refractivity contribution in [2.75, 3.05) is 6.54 Å². The number of aryl methyl sites for hydroxylation is 1. The molecule has 4 heteroatoms. The Morgan fingerprint density at radius 2 is 2.10 bits per heavy atom. The Bertz CT molecular complexity index is 553. The number of benzene rings is 1. The molecule has 114 valence electrons. The minimum Gasteiger partial charge on any atom is -0.328 e. The van der Waals surface area contributed by atoms with Gasteiger partial charge in [0.05, 0.1) is 0 Å². The fourth-order valence-corrected chi connectivity index (χ4v) is 3.14. The normalized spacial score (nSPS) is 22.0. The molecule has 0 spiro atoms. The van der Waals surface area contributed by atoms with Crippen LogP contribution in [-0.4, -0.2) is 28.9 Å². The highest BCUT2D eigenvalue weighted by molar-refractivity contribution is 6.07. The van der Waals surface area contributed by atoms with E-state index in [9.17, 15) is 4.79 Å². The minimum absolute atomic E-state index is 0.0505. The highest BCUT2D eigenvalue weighted by Gasteiger charge is 2.47. The van der Waals surface area contributed by atoms with Gasteiger partial charge in [-0.15, -0.1) is 0 Å². The standard InChI is InChI=1S/C17H25N3O/c1-12(2)11-17(4)15(21)19-16(18)20(17)9-8-14-7-5-6-13(3)10-14/h5-7,10,12H,8-9,11H2,1-4H3,(H2,18,19,21). The van der Waals surface area contributed by atoms with Crippen molar-refractivity contribution in [2.24, 2.45) is 5.92 Å². The third-order valence-electron chi connectivity index (χ3n) is 4.10.